The molecule has 6 N–H and O–H groups in total. The molecule has 0 aliphatic rings. The van der Waals surface area contributed by atoms with Gasteiger partial charge in [-0.15, -0.1) is 0 Å². The Morgan fingerprint density at radius 1 is 1.62 bits per heavy atom. The van der Waals surface area contributed by atoms with Gasteiger partial charge in [-0.1, -0.05) is 11.6 Å². The Hall–Kier alpha value is -1.53. The molecule has 1 amide bonds. The summed E-state index contributed by atoms with van der Waals surface area (Å²) >= 11 is 5.49. The lowest BCUT2D eigenvalue weighted by atomic mass is 10.2. The second-order valence-electron chi connectivity index (χ2n) is 3.15. The van der Waals surface area contributed by atoms with Gasteiger partial charge in [-0.2, -0.15) is 0 Å². The molecule has 0 fully saturated rings. The first kappa shape index (κ1) is 12.5. The highest BCUT2D eigenvalue weighted by Crippen LogP contribution is 2.25. The summed E-state index contributed by atoms with van der Waals surface area (Å²) in [5.74, 6) is -1.52. The average Bonchev–Trinajstić information content (AvgIpc) is 2.20. The molecule has 0 heterocycles. The fraction of sp³-hybridized carbons (Fsp3) is 0.222. The number of hydrogen-bond donors (Lipinski definition) is 4. The van der Waals surface area contributed by atoms with Crippen LogP contribution in [0, 0.1) is 5.82 Å². The third-order valence-electron chi connectivity index (χ3n) is 1.91. The molecule has 16 heavy (non-hydrogen) atoms. The van der Waals surface area contributed by atoms with Gasteiger partial charge in [-0.3, -0.25) is 4.79 Å². The number of nitrogen functional groups attached to an aromatic ring is 1. The van der Waals surface area contributed by atoms with Gasteiger partial charge in [-0.05, 0) is 6.07 Å². The van der Waals surface area contributed by atoms with Crippen molar-refractivity contribution in [2.45, 2.75) is 6.10 Å². The standard InChI is InChI=1S/C9H11ClFN3O2/c10-4-1-6(12)7(2-5(4)11)14-3-8(15)9(13)16/h1-2,8,14-15H,3,12H2,(H2,13,16). The number of amides is 1. The number of carbonyl (C=O) groups is 1. The fourth-order valence-corrected chi connectivity index (χ4v) is 1.19. The van der Waals surface area contributed by atoms with E-state index >= 15 is 0 Å². The molecule has 0 aliphatic heterocycles. The molecule has 1 aromatic rings. The zero-order valence-corrected chi connectivity index (χ0v) is 8.96. The molecule has 0 bridgehead atoms. The summed E-state index contributed by atoms with van der Waals surface area (Å²) in [4.78, 5) is 10.5. The highest BCUT2D eigenvalue weighted by Gasteiger charge is 2.12. The van der Waals surface area contributed by atoms with Crippen molar-refractivity contribution in [2.75, 3.05) is 17.6 Å². The van der Waals surface area contributed by atoms with Crippen LogP contribution in [0.2, 0.25) is 5.02 Å². The van der Waals surface area contributed by atoms with Crippen molar-refractivity contribution in [1.82, 2.24) is 0 Å². The van der Waals surface area contributed by atoms with Gasteiger partial charge in [0.1, 0.15) is 11.9 Å². The van der Waals surface area contributed by atoms with E-state index < -0.39 is 17.8 Å². The summed E-state index contributed by atoms with van der Waals surface area (Å²) in [7, 11) is 0. The summed E-state index contributed by atoms with van der Waals surface area (Å²) in [5.41, 5.74) is 10.8. The van der Waals surface area contributed by atoms with Crippen LogP contribution in [0.1, 0.15) is 0 Å². The molecule has 0 spiro atoms. The van der Waals surface area contributed by atoms with Crippen LogP contribution < -0.4 is 16.8 Å². The average molecular weight is 248 g/mol. The van der Waals surface area contributed by atoms with Crippen molar-refractivity contribution in [1.29, 1.82) is 0 Å². The highest BCUT2D eigenvalue weighted by molar-refractivity contribution is 6.31. The maximum Gasteiger partial charge on any atom is 0.248 e. The van der Waals surface area contributed by atoms with Crippen LogP contribution in [0.25, 0.3) is 0 Å². The molecule has 0 saturated carbocycles. The van der Waals surface area contributed by atoms with E-state index in [1.807, 2.05) is 0 Å². The molecule has 0 radical (unpaired) electrons. The Kier molecular flexibility index (Phi) is 3.92. The summed E-state index contributed by atoms with van der Waals surface area (Å²) in [6.45, 7) is -0.152. The molecule has 1 aromatic carbocycles. The summed E-state index contributed by atoms with van der Waals surface area (Å²) in [6.07, 6.45) is -1.36. The number of carbonyl (C=O) groups excluding carboxylic acids is 1. The predicted molar refractivity (Wildman–Crippen MR) is 59.5 cm³/mol. The maximum absolute atomic E-state index is 13.1. The number of primary amides is 1. The van der Waals surface area contributed by atoms with Gasteiger partial charge < -0.3 is 21.9 Å². The van der Waals surface area contributed by atoms with E-state index in [1.54, 1.807) is 0 Å². The molecule has 7 heteroatoms. The number of anilines is 2. The Morgan fingerprint density at radius 2 is 2.25 bits per heavy atom. The Morgan fingerprint density at radius 3 is 2.81 bits per heavy atom. The molecule has 0 aliphatic carbocycles. The Labute approximate surface area is 96.2 Å². The van der Waals surface area contributed by atoms with Crippen LogP contribution in [-0.2, 0) is 4.79 Å². The van der Waals surface area contributed by atoms with E-state index in [0.717, 1.165) is 6.07 Å². The number of aliphatic hydroxyl groups is 1. The normalized spacial score (nSPS) is 12.2. The van der Waals surface area contributed by atoms with Crippen molar-refractivity contribution in [3.05, 3.63) is 23.0 Å². The summed E-state index contributed by atoms with van der Waals surface area (Å²) in [5, 5.41) is 11.6. The lowest BCUT2D eigenvalue weighted by Crippen LogP contribution is -2.34. The van der Waals surface area contributed by atoms with Gasteiger partial charge >= 0.3 is 0 Å². The lowest BCUT2D eigenvalue weighted by Gasteiger charge is -2.12. The second kappa shape index (κ2) is 5.00. The number of halogens is 2. The highest BCUT2D eigenvalue weighted by atomic mass is 35.5. The van der Waals surface area contributed by atoms with Crippen LogP contribution in [0.3, 0.4) is 0 Å². The SMILES string of the molecule is NC(=O)C(O)CNc1cc(F)c(Cl)cc1N. The van der Waals surface area contributed by atoms with E-state index in [-0.39, 0.29) is 22.9 Å². The number of hydrogen-bond acceptors (Lipinski definition) is 4. The van der Waals surface area contributed by atoms with Crippen LogP contribution in [0.4, 0.5) is 15.8 Å². The minimum absolute atomic E-state index is 0.0986. The molecule has 1 unspecified atom stereocenters. The first-order chi connectivity index (χ1) is 7.41. The number of benzene rings is 1. The van der Waals surface area contributed by atoms with E-state index in [4.69, 9.17) is 28.2 Å². The number of rotatable bonds is 4. The van der Waals surface area contributed by atoms with Gasteiger partial charge in [0.2, 0.25) is 5.91 Å². The molecular formula is C9H11ClFN3O2. The maximum atomic E-state index is 13.1. The van der Waals surface area contributed by atoms with E-state index in [0.29, 0.717) is 0 Å². The molecule has 1 atom stereocenters. The lowest BCUT2D eigenvalue weighted by molar-refractivity contribution is -0.125. The minimum atomic E-state index is -1.36. The molecule has 0 saturated heterocycles. The van der Waals surface area contributed by atoms with Crippen molar-refractivity contribution in [3.63, 3.8) is 0 Å². The molecule has 88 valence electrons. The fourth-order valence-electron chi connectivity index (χ4n) is 1.02. The zero-order chi connectivity index (χ0) is 12.3. The molecule has 1 rings (SSSR count). The Balaban J connectivity index is 2.74. The van der Waals surface area contributed by atoms with Crippen molar-refractivity contribution < 1.29 is 14.3 Å². The van der Waals surface area contributed by atoms with Crippen LogP contribution in [-0.4, -0.2) is 23.7 Å². The van der Waals surface area contributed by atoms with Crippen molar-refractivity contribution in [2.24, 2.45) is 5.73 Å². The van der Waals surface area contributed by atoms with E-state index in [1.165, 1.54) is 6.07 Å². The van der Waals surface area contributed by atoms with Crippen LogP contribution in [0.15, 0.2) is 12.1 Å². The van der Waals surface area contributed by atoms with Gasteiger partial charge in [0.05, 0.1) is 16.4 Å². The van der Waals surface area contributed by atoms with Crippen molar-refractivity contribution in [3.8, 4) is 0 Å². The molecule has 5 nitrogen and oxygen atoms in total. The van der Waals surface area contributed by atoms with Crippen LogP contribution >= 0.6 is 11.6 Å². The number of nitrogens with one attached hydrogen (secondary N) is 1. The van der Waals surface area contributed by atoms with E-state index in [2.05, 4.69) is 5.32 Å². The number of aliphatic hydroxyl groups excluding tert-OH is 1. The summed E-state index contributed by atoms with van der Waals surface area (Å²) < 4.78 is 13.1. The third kappa shape index (κ3) is 2.98. The first-order valence-corrected chi connectivity index (χ1v) is 4.75. The van der Waals surface area contributed by atoms with E-state index in [9.17, 15) is 9.18 Å². The van der Waals surface area contributed by atoms with Gasteiger partial charge in [0.25, 0.3) is 0 Å². The quantitative estimate of drug-likeness (QED) is 0.576. The second-order valence-corrected chi connectivity index (χ2v) is 3.56. The first-order valence-electron chi connectivity index (χ1n) is 4.37. The number of nitrogens with two attached hydrogens (primary N) is 2. The molecule has 0 aromatic heterocycles. The topological polar surface area (TPSA) is 101 Å². The minimum Gasteiger partial charge on any atom is -0.397 e. The van der Waals surface area contributed by atoms with Gasteiger partial charge in [0, 0.05) is 12.6 Å². The third-order valence-corrected chi connectivity index (χ3v) is 2.20. The smallest absolute Gasteiger partial charge is 0.248 e. The van der Waals surface area contributed by atoms with Crippen molar-refractivity contribution >= 4 is 28.9 Å². The van der Waals surface area contributed by atoms with Gasteiger partial charge in [-0.25, -0.2) is 4.39 Å². The van der Waals surface area contributed by atoms with Gasteiger partial charge in [0.15, 0.2) is 0 Å². The monoisotopic (exact) mass is 247 g/mol. The van der Waals surface area contributed by atoms with Crippen LogP contribution in [0.5, 0.6) is 0 Å². The largest absolute Gasteiger partial charge is 0.397 e. The predicted octanol–water partition coefficient (Wildman–Crippen LogP) is 0.319. The molecular weight excluding hydrogens is 237 g/mol. The Bertz CT molecular complexity index is 414. The zero-order valence-electron chi connectivity index (χ0n) is 8.21. The summed E-state index contributed by atoms with van der Waals surface area (Å²) in [6, 6.07) is 2.31.